The quantitative estimate of drug-likeness (QED) is 0.638. The Kier molecular flexibility index (Phi) is 5.85. The summed E-state index contributed by atoms with van der Waals surface area (Å²) in [4.78, 5) is 27.1. The van der Waals surface area contributed by atoms with Crippen molar-refractivity contribution in [3.05, 3.63) is 66.0 Å². The van der Waals surface area contributed by atoms with Crippen LogP contribution in [0.3, 0.4) is 0 Å². The van der Waals surface area contributed by atoms with E-state index in [2.05, 4.69) is 27.6 Å². The summed E-state index contributed by atoms with van der Waals surface area (Å²) in [5.74, 6) is 0.858. The van der Waals surface area contributed by atoms with E-state index in [1.54, 1.807) is 4.90 Å². The van der Waals surface area contributed by atoms with Crippen LogP contribution >= 0.6 is 11.8 Å². The van der Waals surface area contributed by atoms with Crippen LogP contribution in [0.15, 0.2) is 59.8 Å². The lowest BCUT2D eigenvalue weighted by molar-refractivity contribution is -0.117. The summed E-state index contributed by atoms with van der Waals surface area (Å²) >= 11 is 1.37. The largest absolute Gasteiger partial charge is 0.324 e. The van der Waals surface area contributed by atoms with Gasteiger partial charge in [-0.15, -0.1) is 10.2 Å². The van der Waals surface area contributed by atoms with Crippen LogP contribution in [0, 0.1) is 6.92 Å². The summed E-state index contributed by atoms with van der Waals surface area (Å²) in [6, 6.07) is 17.3. The molecule has 30 heavy (non-hydrogen) atoms. The number of hydrogen-bond donors (Lipinski definition) is 1. The molecule has 1 N–H and O–H groups in total. The van der Waals surface area contributed by atoms with Gasteiger partial charge in [-0.1, -0.05) is 54.2 Å². The fraction of sp³-hybridized carbons (Fsp3) is 0.273. The summed E-state index contributed by atoms with van der Waals surface area (Å²) in [5, 5.41) is 12.0. The second-order valence-corrected chi connectivity index (χ2v) is 8.21. The standard InChI is InChI=1S/C22H23N5O2S/c1-15-12-20(28)23-18-10-6-7-11-19(18)27(15)21(29)14-30-22-25-24-16(2)26(22)13-17-8-4-3-5-9-17/h3-11,15H,12-14H2,1-2H3,(H,23,28). The normalized spacial score (nSPS) is 16.0. The number of carbonyl (C=O) groups is 2. The number of carbonyl (C=O) groups excluding carboxylic acids is 2. The van der Waals surface area contributed by atoms with Crippen LogP contribution in [0.25, 0.3) is 0 Å². The van der Waals surface area contributed by atoms with Crippen molar-refractivity contribution in [3.63, 3.8) is 0 Å². The van der Waals surface area contributed by atoms with Crippen molar-refractivity contribution in [1.29, 1.82) is 0 Å². The first kappa shape index (κ1) is 20.2. The molecular formula is C22H23N5O2S. The number of aryl methyl sites for hydroxylation is 1. The van der Waals surface area contributed by atoms with E-state index in [-0.39, 0.29) is 30.0 Å². The van der Waals surface area contributed by atoms with Crippen molar-refractivity contribution in [2.24, 2.45) is 0 Å². The highest BCUT2D eigenvalue weighted by atomic mass is 32.2. The number of fused-ring (bicyclic) bond motifs is 1. The first-order valence-electron chi connectivity index (χ1n) is 9.80. The van der Waals surface area contributed by atoms with Crippen molar-refractivity contribution >= 4 is 35.0 Å². The van der Waals surface area contributed by atoms with E-state index in [1.807, 2.05) is 60.9 Å². The van der Waals surface area contributed by atoms with Gasteiger partial charge in [-0.2, -0.15) is 0 Å². The number of nitrogens with one attached hydrogen (secondary N) is 1. The molecule has 2 amide bonds. The molecule has 8 heteroatoms. The van der Waals surface area contributed by atoms with E-state index in [0.717, 1.165) is 17.1 Å². The molecule has 4 rings (SSSR count). The van der Waals surface area contributed by atoms with E-state index < -0.39 is 0 Å². The minimum Gasteiger partial charge on any atom is -0.324 e. The molecule has 0 spiro atoms. The molecule has 0 radical (unpaired) electrons. The number of anilines is 2. The average molecular weight is 422 g/mol. The molecule has 2 heterocycles. The Morgan fingerprint density at radius 3 is 2.67 bits per heavy atom. The Labute approximate surface area is 179 Å². The van der Waals surface area contributed by atoms with Gasteiger partial charge in [-0.05, 0) is 31.5 Å². The lowest BCUT2D eigenvalue weighted by Gasteiger charge is -2.27. The van der Waals surface area contributed by atoms with Gasteiger partial charge in [0.1, 0.15) is 5.82 Å². The second-order valence-electron chi connectivity index (χ2n) is 7.27. The Balaban J connectivity index is 1.52. The summed E-state index contributed by atoms with van der Waals surface area (Å²) in [6.07, 6.45) is 0.258. The van der Waals surface area contributed by atoms with E-state index in [9.17, 15) is 9.59 Å². The monoisotopic (exact) mass is 421 g/mol. The van der Waals surface area contributed by atoms with Crippen LogP contribution in [-0.4, -0.2) is 38.4 Å². The maximum absolute atomic E-state index is 13.2. The van der Waals surface area contributed by atoms with Crippen LogP contribution in [0.4, 0.5) is 11.4 Å². The minimum absolute atomic E-state index is 0.0663. The fourth-order valence-electron chi connectivity index (χ4n) is 3.58. The molecule has 1 aliphatic rings. The van der Waals surface area contributed by atoms with Crippen LogP contribution in [0.2, 0.25) is 0 Å². The number of benzene rings is 2. The predicted molar refractivity (Wildman–Crippen MR) is 118 cm³/mol. The molecule has 2 aromatic carbocycles. The van der Waals surface area contributed by atoms with Gasteiger partial charge in [0, 0.05) is 12.5 Å². The Hall–Kier alpha value is -3.13. The SMILES string of the molecule is Cc1nnc(SCC(=O)N2c3ccccc3NC(=O)CC2C)n1Cc1ccccc1. The van der Waals surface area contributed by atoms with Gasteiger partial charge in [-0.25, -0.2) is 0 Å². The first-order valence-corrected chi connectivity index (χ1v) is 10.8. The van der Waals surface area contributed by atoms with Crippen LogP contribution in [-0.2, 0) is 16.1 Å². The number of para-hydroxylation sites is 2. The van der Waals surface area contributed by atoms with Crippen molar-refractivity contribution in [1.82, 2.24) is 14.8 Å². The van der Waals surface area contributed by atoms with Gasteiger partial charge >= 0.3 is 0 Å². The summed E-state index contributed by atoms with van der Waals surface area (Å²) in [5.41, 5.74) is 2.53. The van der Waals surface area contributed by atoms with Gasteiger partial charge in [0.2, 0.25) is 11.8 Å². The molecular weight excluding hydrogens is 398 g/mol. The minimum atomic E-state index is -0.231. The number of nitrogens with zero attached hydrogens (tertiary/aromatic N) is 4. The molecule has 154 valence electrons. The predicted octanol–water partition coefficient (Wildman–Crippen LogP) is 3.49. The van der Waals surface area contributed by atoms with Crippen molar-refractivity contribution < 1.29 is 9.59 Å². The number of aromatic nitrogens is 3. The highest BCUT2D eigenvalue weighted by molar-refractivity contribution is 7.99. The smallest absolute Gasteiger partial charge is 0.237 e. The van der Waals surface area contributed by atoms with Gasteiger partial charge < -0.3 is 14.8 Å². The molecule has 7 nitrogen and oxygen atoms in total. The summed E-state index contributed by atoms with van der Waals surface area (Å²) < 4.78 is 2.01. The highest BCUT2D eigenvalue weighted by Gasteiger charge is 2.29. The third-order valence-electron chi connectivity index (χ3n) is 5.04. The Morgan fingerprint density at radius 1 is 1.13 bits per heavy atom. The van der Waals surface area contributed by atoms with Crippen LogP contribution in [0.5, 0.6) is 0 Å². The molecule has 1 unspecified atom stereocenters. The molecule has 0 aliphatic carbocycles. The number of rotatable bonds is 5. The lowest BCUT2D eigenvalue weighted by Crippen LogP contribution is -2.40. The second kappa shape index (κ2) is 8.71. The summed E-state index contributed by atoms with van der Waals surface area (Å²) in [6.45, 7) is 4.45. The molecule has 1 aliphatic heterocycles. The van der Waals surface area contributed by atoms with Crippen molar-refractivity contribution in [3.8, 4) is 0 Å². The number of thioether (sulfide) groups is 1. The highest BCUT2D eigenvalue weighted by Crippen LogP contribution is 2.32. The third kappa shape index (κ3) is 4.23. The molecule has 0 fully saturated rings. The zero-order chi connectivity index (χ0) is 21.1. The molecule has 0 saturated carbocycles. The van der Waals surface area contributed by atoms with Gasteiger partial charge in [0.05, 0.1) is 23.7 Å². The average Bonchev–Trinajstić information content (AvgIpc) is 3.01. The molecule has 1 aromatic heterocycles. The van der Waals surface area contributed by atoms with Crippen molar-refractivity contribution in [2.75, 3.05) is 16.0 Å². The van der Waals surface area contributed by atoms with E-state index >= 15 is 0 Å². The molecule has 1 atom stereocenters. The number of amides is 2. The maximum Gasteiger partial charge on any atom is 0.237 e. The van der Waals surface area contributed by atoms with E-state index in [0.29, 0.717) is 17.4 Å². The molecule has 0 bridgehead atoms. The topological polar surface area (TPSA) is 80.1 Å². The Bertz CT molecular complexity index is 1070. The van der Waals surface area contributed by atoms with Crippen LogP contribution < -0.4 is 10.2 Å². The fourth-order valence-corrected chi connectivity index (χ4v) is 4.42. The summed E-state index contributed by atoms with van der Waals surface area (Å²) in [7, 11) is 0. The van der Waals surface area contributed by atoms with E-state index in [1.165, 1.54) is 11.8 Å². The number of hydrogen-bond acceptors (Lipinski definition) is 5. The first-order chi connectivity index (χ1) is 14.5. The van der Waals surface area contributed by atoms with Gasteiger partial charge in [0.25, 0.3) is 0 Å². The molecule has 0 saturated heterocycles. The maximum atomic E-state index is 13.2. The van der Waals surface area contributed by atoms with E-state index in [4.69, 9.17) is 0 Å². The Morgan fingerprint density at radius 2 is 1.87 bits per heavy atom. The third-order valence-corrected chi connectivity index (χ3v) is 5.99. The van der Waals surface area contributed by atoms with Crippen LogP contribution in [0.1, 0.15) is 24.7 Å². The zero-order valence-electron chi connectivity index (χ0n) is 16.9. The van der Waals surface area contributed by atoms with Gasteiger partial charge in [0.15, 0.2) is 5.16 Å². The lowest BCUT2D eigenvalue weighted by atomic mass is 10.2. The molecule has 3 aromatic rings. The van der Waals surface area contributed by atoms with Gasteiger partial charge in [-0.3, -0.25) is 9.59 Å². The zero-order valence-corrected chi connectivity index (χ0v) is 17.7. The van der Waals surface area contributed by atoms with Crippen molar-refractivity contribution in [2.45, 2.75) is 38.0 Å².